The molecule has 0 spiro atoms. The first-order valence-corrected chi connectivity index (χ1v) is 8.86. The summed E-state index contributed by atoms with van der Waals surface area (Å²) in [5, 5.41) is 8.11. The summed E-state index contributed by atoms with van der Waals surface area (Å²) in [6, 6.07) is 0.404. The molecule has 5 heteroatoms. The van der Waals surface area contributed by atoms with Crippen molar-refractivity contribution in [3.05, 3.63) is 16.4 Å². The van der Waals surface area contributed by atoms with Crippen molar-refractivity contribution in [1.29, 1.82) is 0 Å². The Morgan fingerprint density at radius 2 is 2.22 bits per heavy atom. The van der Waals surface area contributed by atoms with Crippen molar-refractivity contribution in [2.24, 2.45) is 0 Å². The van der Waals surface area contributed by atoms with Crippen LogP contribution < -0.4 is 5.32 Å². The van der Waals surface area contributed by atoms with Crippen LogP contribution in [0.4, 0.5) is 0 Å². The molecule has 1 rings (SSSR count). The third-order valence-corrected chi connectivity index (χ3v) is 4.11. The van der Waals surface area contributed by atoms with Gasteiger partial charge in [-0.3, -0.25) is 4.68 Å². The average molecular weight is 334 g/mol. The smallest absolute Gasteiger partial charge is 0.0695 e. The molecule has 1 aromatic rings. The van der Waals surface area contributed by atoms with Gasteiger partial charge in [0.2, 0.25) is 0 Å². The minimum Gasteiger partial charge on any atom is -0.309 e. The van der Waals surface area contributed by atoms with E-state index < -0.39 is 0 Å². The van der Waals surface area contributed by atoms with Gasteiger partial charge in [-0.15, -0.1) is 0 Å². The van der Waals surface area contributed by atoms with E-state index in [1.807, 2.05) is 18.0 Å². The highest BCUT2D eigenvalue weighted by atomic mass is 79.9. The molecule has 0 aliphatic carbocycles. The van der Waals surface area contributed by atoms with Crippen LogP contribution in [0.3, 0.4) is 0 Å². The van der Waals surface area contributed by atoms with E-state index in [4.69, 9.17) is 0 Å². The predicted molar refractivity (Wildman–Crippen MR) is 84.3 cm³/mol. The number of nitrogens with zero attached hydrogens (tertiary/aromatic N) is 2. The lowest BCUT2D eigenvalue weighted by Gasteiger charge is -2.20. The molecule has 0 amide bonds. The Balaban J connectivity index is 2.83. The van der Waals surface area contributed by atoms with Crippen LogP contribution in [0.2, 0.25) is 0 Å². The van der Waals surface area contributed by atoms with Gasteiger partial charge in [-0.25, -0.2) is 0 Å². The van der Waals surface area contributed by atoms with Gasteiger partial charge in [-0.1, -0.05) is 13.8 Å². The normalized spacial score (nSPS) is 12.9. The Labute approximate surface area is 123 Å². The lowest BCUT2D eigenvalue weighted by Crippen LogP contribution is -2.26. The highest BCUT2D eigenvalue weighted by molar-refractivity contribution is 9.10. The standard InChI is InChI=1S/C13H24BrN3S/c1-4-7-15-12(6-9-18-3)13-11(14)10-16-17(13)8-5-2/h10,12,15H,4-9H2,1-3H3. The Morgan fingerprint density at radius 3 is 2.83 bits per heavy atom. The number of hydrogen-bond donors (Lipinski definition) is 1. The number of thioether (sulfide) groups is 1. The summed E-state index contributed by atoms with van der Waals surface area (Å²) in [6.45, 7) is 6.44. The number of hydrogen-bond acceptors (Lipinski definition) is 3. The monoisotopic (exact) mass is 333 g/mol. The molecule has 0 aliphatic rings. The molecule has 0 fully saturated rings. The molecule has 0 radical (unpaired) electrons. The molecule has 18 heavy (non-hydrogen) atoms. The van der Waals surface area contributed by atoms with Crippen molar-refractivity contribution in [2.75, 3.05) is 18.6 Å². The van der Waals surface area contributed by atoms with Gasteiger partial charge in [0.1, 0.15) is 0 Å². The van der Waals surface area contributed by atoms with Crippen LogP contribution in [0.15, 0.2) is 10.7 Å². The third kappa shape index (κ3) is 4.59. The largest absolute Gasteiger partial charge is 0.309 e. The summed E-state index contributed by atoms with van der Waals surface area (Å²) >= 11 is 5.54. The van der Waals surface area contributed by atoms with Crippen molar-refractivity contribution < 1.29 is 0 Å². The molecule has 1 aromatic heterocycles. The summed E-state index contributed by atoms with van der Waals surface area (Å²) in [6.07, 6.45) is 7.51. The van der Waals surface area contributed by atoms with E-state index in [2.05, 4.69) is 51.1 Å². The summed E-state index contributed by atoms with van der Waals surface area (Å²) in [4.78, 5) is 0. The maximum atomic E-state index is 4.47. The van der Waals surface area contributed by atoms with E-state index >= 15 is 0 Å². The minimum atomic E-state index is 0.404. The van der Waals surface area contributed by atoms with Gasteiger partial charge in [0.25, 0.3) is 0 Å². The maximum Gasteiger partial charge on any atom is 0.0695 e. The molecule has 1 N–H and O–H groups in total. The Bertz CT molecular complexity index is 333. The van der Waals surface area contributed by atoms with Crippen LogP contribution >= 0.6 is 27.7 Å². The minimum absolute atomic E-state index is 0.404. The molecular formula is C13H24BrN3S. The molecule has 104 valence electrons. The fourth-order valence-electron chi connectivity index (χ4n) is 2.00. The Kier molecular flexibility index (Phi) is 8.02. The second-order valence-corrected chi connectivity index (χ2v) is 6.23. The third-order valence-electron chi connectivity index (χ3n) is 2.85. The highest BCUT2D eigenvalue weighted by Gasteiger charge is 2.18. The Hall–Kier alpha value is 0. The summed E-state index contributed by atoms with van der Waals surface area (Å²) < 4.78 is 3.27. The first-order valence-electron chi connectivity index (χ1n) is 6.68. The lowest BCUT2D eigenvalue weighted by molar-refractivity contribution is 0.462. The van der Waals surface area contributed by atoms with Crippen molar-refractivity contribution in [3.8, 4) is 0 Å². The zero-order valence-corrected chi connectivity index (χ0v) is 14.0. The number of nitrogens with one attached hydrogen (secondary N) is 1. The van der Waals surface area contributed by atoms with Crippen LogP contribution in [0.5, 0.6) is 0 Å². The van der Waals surface area contributed by atoms with Gasteiger partial charge in [-0.2, -0.15) is 16.9 Å². The zero-order valence-electron chi connectivity index (χ0n) is 11.6. The van der Waals surface area contributed by atoms with Gasteiger partial charge in [-0.05, 0) is 53.7 Å². The molecule has 1 atom stereocenters. The van der Waals surface area contributed by atoms with Crippen LogP contribution in [-0.2, 0) is 6.54 Å². The van der Waals surface area contributed by atoms with Crippen molar-refractivity contribution in [2.45, 2.75) is 45.7 Å². The number of aryl methyl sites for hydroxylation is 1. The fourth-order valence-corrected chi connectivity index (χ4v) is 3.04. The van der Waals surface area contributed by atoms with Crippen LogP contribution in [0, 0.1) is 0 Å². The van der Waals surface area contributed by atoms with Crippen molar-refractivity contribution in [1.82, 2.24) is 15.1 Å². The fraction of sp³-hybridized carbons (Fsp3) is 0.769. The van der Waals surface area contributed by atoms with Gasteiger partial charge in [0.05, 0.1) is 22.4 Å². The van der Waals surface area contributed by atoms with Crippen molar-refractivity contribution >= 4 is 27.7 Å². The summed E-state index contributed by atoms with van der Waals surface area (Å²) in [7, 11) is 0. The Morgan fingerprint density at radius 1 is 1.44 bits per heavy atom. The van der Waals surface area contributed by atoms with Gasteiger partial charge in [0, 0.05) is 6.54 Å². The van der Waals surface area contributed by atoms with E-state index in [1.54, 1.807) is 0 Å². The van der Waals surface area contributed by atoms with Gasteiger partial charge < -0.3 is 5.32 Å². The summed E-state index contributed by atoms with van der Waals surface area (Å²) in [5.74, 6) is 1.17. The van der Waals surface area contributed by atoms with E-state index in [1.165, 1.54) is 11.4 Å². The predicted octanol–water partition coefficient (Wildman–Crippen LogP) is 3.85. The highest BCUT2D eigenvalue weighted by Crippen LogP contribution is 2.26. The lowest BCUT2D eigenvalue weighted by atomic mass is 10.1. The topological polar surface area (TPSA) is 29.9 Å². The van der Waals surface area contributed by atoms with Gasteiger partial charge >= 0.3 is 0 Å². The van der Waals surface area contributed by atoms with Crippen LogP contribution in [0.1, 0.15) is 44.8 Å². The molecule has 1 unspecified atom stereocenters. The van der Waals surface area contributed by atoms with E-state index in [0.717, 1.165) is 36.8 Å². The van der Waals surface area contributed by atoms with Crippen LogP contribution in [-0.4, -0.2) is 28.3 Å². The van der Waals surface area contributed by atoms with Gasteiger partial charge in [0.15, 0.2) is 0 Å². The second kappa shape index (κ2) is 8.99. The maximum absolute atomic E-state index is 4.47. The van der Waals surface area contributed by atoms with Crippen molar-refractivity contribution in [3.63, 3.8) is 0 Å². The molecule has 0 saturated heterocycles. The second-order valence-electron chi connectivity index (χ2n) is 4.39. The molecule has 0 bridgehead atoms. The van der Waals surface area contributed by atoms with E-state index in [9.17, 15) is 0 Å². The quantitative estimate of drug-likeness (QED) is 0.744. The molecule has 0 saturated carbocycles. The summed E-state index contributed by atoms with van der Waals surface area (Å²) in [5.41, 5.74) is 1.30. The number of halogens is 1. The molecule has 1 heterocycles. The first kappa shape index (κ1) is 16.1. The first-order chi connectivity index (χ1) is 8.74. The molecule has 3 nitrogen and oxygen atoms in total. The van der Waals surface area contributed by atoms with E-state index in [0.29, 0.717) is 6.04 Å². The van der Waals surface area contributed by atoms with Crippen LogP contribution in [0.25, 0.3) is 0 Å². The molecule has 0 aliphatic heterocycles. The zero-order chi connectivity index (χ0) is 13.4. The SMILES string of the molecule is CCCNC(CCSC)c1c(Br)cnn1CCC. The van der Waals surface area contributed by atoms with E-state index in [-0.39, 0.29) is 0 Å². The average Bonchev–Trinajstić information content (AvgIpc) is 2.72. The molecule has 0 aromatic carbocycles. The molecular weight excluding hydrogens is 310 g/mol. The number of rotatable bonds is 9. The number of aromatic nitrogens is 2.